The number of ether oxygens (including phenoxy) is 1. The van der Waals surface area contributed by atoms with Gasteiger partial charge in [0.25, 0.3) is 0 Å². The summed E-state index contributed by atoms with van der Waals surface area (Å²) in [5.41, 5.74) is 0.830. The highest BCUT2D eigenvalue weighted by Crippen LogP contribution is 2.19. The largest absolute Gasteiger partial charge is 0.373 e. The van der Waals surface area contributed by atoms with E-state index in [9.17, 15) is 0 Å². The summed E-state index contributed by atoms with van der Waals surface area (Å²) in [6, 6.07) is 0. The minimum absolute atomic E-state index is 0.438. The van der Waals surface area contributed by atoms with Crippen LogP contribution in [0.1, 0.15) is 26.1 Å². The highest BCUT2D eigenvalue weighted by molar-refractivity contribution is 5.86. The zero-order valence-electron chi connectivity index (χ0n) is 11.1. The number of hydrogen-bond donors (Lipinski definition) is 1. The zero-order chi connectivity index (χ0) is 13.0. The van der Waals surface area contributed by atoms with Crippen molar-refractivity contribution in [3.05, 3.63) is 12.0 Å². The lowest BCUT2D eigenvalue weighted by atomic mass is 10.3. The van der Waals surface area contributed by atoms with Crippen molar-refractivity contribution >= 4 is 16.9 Å². The molecule has 0 atom stereocenters. The van der Waals surface area contributed by atoms with E-state index in [1.54, 1.807) is 10.9 Å². The lowest BCUT2D eigenvalue weighted by Gasteiger charge is -2.07. The van der Waals surface area contributed by atoms with Crippen LogP contribution in [0.4, 0.5) is 5.82 Å². The van der Waals surface area contributed by atoms with Crippen LogP contribution in [0.2, 0.25) is 0 Å². The van der Waals surface area contributed by atoms with E-state index in [-0.39, 0.29) is 0 Å². The van der Waals surface area contributed by atoms with E-state index in [2.05, 4.69) is 27.3 Å². The van der Waals surface area contributed by atoms with E-state index >= 15 is 0 Å². The van der Waals surface area contributed by atoms with Crippen molar-refractivity contribution in [1.82, 2.24) is 19.7 Å². The maximum atomic E-state index is 5.48. The van der Waals surface area contributed by atoms with Crippen LogP contribution in [-0.2, 0) is 18.4 Å². The first-order chi connectivity index (χ1) is 8.76. The summed E-state index contributed by atoms with van der Waals surface area (Å²) >= 11 is 0. The number of aromatic nitrogens is 4. The van der Waals surface area contributed by atoms with Crippen LogP contribution < -0.4 is 5.32 Å². The summed E-state index contributed by atoms with van der Waals surface area (Å²) in [5, 5.41) is 8.39. The van der Waals surface area contributed by atoms with E-state index in [1.165, 1.54) is 0 Å². The fourth-order valence-corrected chi connectivity index (χ4v) is 1.74. The van der Waals surface area contributed by atoms with Crippen LogP contribution in [0, 0.1) is 0 Å². The number of rotatable bonds is 6. The molecule has 6 heteroatoms. The van der Waals surface area contributed by atoms with Gasteiger partial charge in [-0.2, -0.15) is 5.10 Å². The molecule has 2 rings (SSSR count). The average molecular weight is 249 g/mol. The number of nitrogens with zero attached hydrogens (tertiary/aromatic N) is 4. The van der Waals surface area contributed by atoms with Crippen molar-refractivity contribution < 1.29 is 4.74 Å². The highest BCUT2D eigenvalue weighted by Gasteiger charge is 2.10. The molecule has 0 saturated heterocycles. The molecular formula is C12H19N5O. The molecule has 0 bridgehead atoms. The van der Waals surface area contributed by atoms with Crippen molar-refractivity contribution in [2.75, 3.05) is 18.5 Å². The van der Waals surface area contributed by atoms with E-state index in [4.69, 9.17) is 4.74 Å². The molecule has 2 heterocycles. The maximum Gasteiger partial charge on any atom is 0.163 e. The molecule has 0 aliphatic rings. The van der Waals surface area contributed by atoms with Crippen LogP contribution in [0.15, 0.2) is 6.20 Å². The maximum absolute atomic E-state index is 5.48. The molecule has 98 valence electrons. The van der Waals surface area contributed by atoms with Gasteiger partial charge in [-0.05, 0) is 13.3 Å². The third kappa shape index (κ3) is 2.59. The Labute approximate surface area is 106 Å². The van der Waals surface area contributed by atoms with Gasteiger partial charge in [0, 0.05) is 20.2 Å². The van der Waals surface area contributed by atoms with Gasteiger partial charge in [-0.3, -0.25) is 4.68 Å². The molecule has 0 saturated carbocycles. The Kier molecular flexibility index (Phi) is 4.09. The second kappa shape index (κ2) is 5.77. The van der Waals surface area contributed by atoms with E-state index in [0.29, 0.717) is 12.4 Å². The van der Waals surface area contributed by atoms with Gasteiger partial charge >= 0.3 is 0 Å². The first kappa shape index (κ1) is 12.8. The summed E-state index contributed by atoms with van der Waals surface area (Å²) in [5.74, 6) is 1.51. The molecule has 0 spiro atoms. The van der Waals surface area contributed by atoms with E-state index in [0.717, 1.165) is 36.4 Å². The second-order valence-electron chi connectivity index (χ2n) is 4.08. The lowest BCUT2D eigenvalue weighted by Crippen LogP contribution is -2.07. The molecule has 0 radical (unpaired) electrons. The van der Waals surface area contributed by atoms with Crippen molar-refractivity contribution in [3.8, 4) is 0 Å². The van der Waals surface area contributed by atoms with E-state index < -0.39 is 0 Å². The molecule has 2 aromatic heterocycles. The highest BCUT2D eigenvalue weighted by atomic mass is 16.5. The summed E-state index contributed by atoms with van der Waals surface area (Å²) in [6.07, 6.45) is 2.78. The van der Waals surface area contributed by atoms with Crippen LogP contribution >= 0.6 is 0 Å². The second-order valence-corrected chi connectivity index (χ2v) is 4.08. The van der Waals surface area contributed by atoms with Crippen molar-refractivity contribution in [2.45, 2.75) is 26.9 Å². The fourth-order valence-electron chi connectivity index (χ4n) is 1.74. The first-order valence-electron chi connectivity index (χ1n) is 6.26. The molecule has 0 aromatic carbocycles. The number of aryl methyl sites for hydroxylation is 1. The number of nitrogens with one attached hydrogen (secondary N) is 1. The van der Waals surface area contributed by atoms with Crippen molar-refractivity contribution in [2.24, 2.45) is 7.05 Å². The first-order valence-corrected chi connectivity index (χ1v) is 6.26. The monoisotopic (exact) mass is 249 g/mol. The Balaban J connectivity index is 2.33. The quantitative estimate of drug-likeness (QED) is 0.790. The average Bonchev–Trinajstić information content (AvgIpc) is 2.73. The number of hydrogen-bond acceptors (Lipinski definition) is 5. The summed E-state index contributed by atoms with van der Waals surface area (Å²) < 4.78 is 7.24. The molecule has 0 unspecified atom stereocenters. The molecule has 0 aliphatic carbocycles. The minimum atomic E-state index is 0.438. The van der Waals surface area contributed by atoms with Crippen LogP contribution in [0.25, 0.3) is 11.0 Å². The summed E-state index contributed by atoms with van der Waals surface area (Å²) in [7, 11) is 1.88. The van der Waals surface area contributed by atoms with Crippen LogP contribution in [0.5, 0.6) is 0 Å². The Bertz CT molecular complexity index is 522. The van der Waals surface area contributed by atoms with Crippen LogP contribution in [-0.4, -0.2) is 32.9 Å². The third-order valence-electron chi connectivity index (χ3n) is 2.56. The smallest absolute Gasteiger partial charge is 0.163 e. The number of anilines is 1. The third-order valence-corrected chi connectivity index (χ3v) is 2.56. The molecule has 0 fully saturated rings. The predicted molar refractivity (Wildman–Crippen MR) is 70.4 cm³/mol. The molecule has 2 aromatic rings. The van der Waals surface area contributed by atoms with Crippen molar-refractivity contribution in [1.29, 1.82) is 0 Å². The Morgan fingerprint density at radius 2 is 2.17 bits per heavy atom. The van der Waals surface area contributed by atoms with Gasteiger partial charge in [-0.15, -0.1) is 0 Å². The normalized spacial score (nSPS) is 11.1. The summed E-state index contributed by atoms with van der Waals surface area (Å²) in [4.78, 5) is 8.95. The molecule has 0 aliphatic heterocycles. The van der Waals surface area contributed by atoms with Gasteiger partial charge in [0.05, 0.1) is 11.6 Å². The SMILES string of the molecule is CCCOCc1nc(NCC)c2cnn(C)c2n1. The molecule has 0 amide bonds. The Morgan fingerprint density at radius 3 is 2.89 bits per heavy atom. The summed E-state index contributed by atoms with van der Waals surface area (Å²) in [6.45, 7) is 6.10. The standard InChI is InChI=1S/C12H19N5O/c1-4-6-18-8-10-15-11(13-5-2)9-7-14-17(3)12(9)16-10/h7H,4-6,8H2,1-3H3,(H,13,15,16). The molecule has 1 N–H and O–H groups in total. The van der Waals surface area contributed by atoms with Gasteiger partial charge in [0.1, 0.15) is 12.4 Å². The minimum Gasteiger partial charge on any atom is -0.373 e. The molecule has 6 nitrogen and oxygen atoms in total. The molecule has 18 heavy (non-hydrogen) atoms. The van der Waals surface area contributed by atoms with Gasteiger partial charge in [0.15, 0.2) is 11.5 Å². The Morgan fingerprint density at radius 1 is 1.33 bits per heavy atom. The van der Waals surface area contributed by atoms with Gasteiger partial charge < -0.3 is 10.1 Å². The predicted octanol–water partition coefficient (Wildman–Crippen LogP) is 1.72. The van der Waals surface area contributed by atoms with Crippen molar-refractivity contribution in [3.63, 3.8) is 0 Å². The van der Waals surface area contributed by atoms with E-state index in [1.807, 2.05) is 14.0 Å². The number of fused-ring (bicyclic) bond motifs is 1. The van der Waals surface area contributed by atoms with Gasteiger partial charge in [0.2, 0.25) is 0 Å². The topological polar surface area (TPSA) is 64.9 Å². The fraction of sp³-hybridized carbons (Fsp3) is 0.583. The van der Waals surface area contributed by atoms with Crippen LogP contribution in [0.3, 0.4) is 0 Å². The zero-order valence-corrected chi connectivity index (χ0v) is 11.1. The lowest BCUT2D eigenvalue weighted by molar-refractivity contribution is 0.116. The Hall–Kier alpha value is -1.69. The van der Waals surface area contributed by atoms with Gasteiger partial charge in [-0.25, -0.2) is 9.97 Å². The molecular weight excluding hydrogens is 230 g/mol. The van der Waals surface area contributed by atoms with Gasteiger partial charge in [-0.1, -0.05) is 6.92 Å².